The van der Waals surface area contributed by atoms with E-state index in [0.29, 0.717) is 6.54 Å². The third-order valence-corrected chi connectivity index (χ3v) is 1.87. The number of halogens is 1. The minimum atomic E-state index is -0.0237. The van der Waals surface area contributed by atoms with Crippen LogP contribution in [-0.2, 0) is 4.79 Å². The molecule has 12 heavy (non-hydrogen) atoms. The van der Waals surface area contributed by atoms with Crippen molar-refractivity contribution in [2.75, 3.05) is 6.54 Å². The lowest BCUT2D eigenvalue weighted by Crippen LogP contribution is -2.27. The van der Waals surface area contributed by atoms with Crippen molar-refractivity contribution >= 4 is 17.5 Å². The van der Waals surface area contributed by atoms with Crippen LogP contribution in [0.15, 0.2) is 12.7 Å². The normalized spacial score (nSPS) is 12.2. The molecule has 0 saturated heterocycles. The molecule has 0 heterocycles. The van der Waals surface area contributed by atoms with Crippen LogP contribution in [0.3, 0.4) is 0 Å². The molecule has 0 aliphatic heterocycles. The van der Waals surface area contributed by atoms with E-state index in [1.165, 1.54) is 6.92 Å². The molecule has 2 nitrogen and oxygen atoms in total. The van der Waals surface area contributed by atoms with E-state index >= 15 is 0 Å². The monoisotopic (exact) mass is 189 g/mol. The van der Waals surface area contributed by atoms with Crippen LogP contribution < -0.4 is 5.32 Å². The molecule has 1 atom stereocenters. The van der Waals surface area contributed by atoms with Crippen LogP contribution in [-0.4, -0.2) is 17.8 Å². The fraction of sp³-hybridized carbons (Fsp3) is 0.667. The maximum Gasteiger partial charge on any atom is 0.216 e. The molecule has 0 aromatic rings. The number of carbonyl (C=O) groups is 1. The van der Waals surface area contributed by atoms with Gasteiger partial charge in [-0.3, -0.25) is 4.79 Å². The van der Waals surface area contributed by atoms with Crippen molar-refractivity contribution < 1.29 is 4.79 Å². The summed E-state index contributed by atoms with van der Waals surface area (Å²) in [5.74, 6) is -0.0237. The molecular weight excluding hydrogens is 174 g/mol. The average molecular weight is 190 g/mol. The Kier molecular flexibility index (Phi) is 6.87. The van der Waals surface area contributed by atoms with Crippen LogP contribution in [0.4, 0.5) is 0 Å². The van der Waals surface area contributed by atoms with Crippen LogP contribution in [0.5, 0.6) is 0 Å². The summed E-state index contributed by atoms with van der Waals surface area (Å²) in [7, 11) is 0. The van der Waals surface area contributed by atoms with Gasteiger partial charge in [0.15, 0.2) is 0 Å². The number of unbranched alkanes of at least 4 members (excludes halogenated alkanes) is 1. The predicted molar refractivity (Wildman–Crippen MR) is 52.4 cm³/mol. The minimum absolute atomic E-state index is 0.0237. The molecule has 0 radical (unpaired) electrons. The van der Waals surface area contributed by atoms with E-state index < -0.39 is 0 Å². The zero-order valence-electron chi connectivity index (χ0n) is 7.48. The Labute approximate surface area is 79.0 Å². The summed E-state index contributed by atoms with van der Waals surface area (Å²) in [5, 5.41) is 2.73. The summed E-state index contributed by atoms with van der Waals surface area (Å²) < 4.78 is 0. The fourth-order valence-corrected chi connectivity index (χ4v) is 1.07. The van der Waals surface area contributed by atoms with Gasteiger partial charge in [-0.1, -0.05) is 6.08 Å². The highest BCUT2D eigenvalue weighted by Gasteiger charge is 2.03. The Morgan fingerprint density at radius 3 is 2.92 bits per heavy atom. The second-order valence-electron chi connectivity index (χ2n) is 2.75. The number of amides is 1. The molecule has 1 N–H and O–H groups in total. The topological polar surface area (TPSA) is 29.1 Å². The van der Waals surface area contributed by atoms with E-state index in [-0.39, 0.29) is 11.3 Å². The highest BCUT2D eigenvalue weighted by Crippen LogP contribution is 2.06. The molecule has 0 saturated carbocycles. The first kappa shape index (κ1) is 11.5. The number of allylic oxidation sites excluding steroid dienone is 1. The van der Waals surface area contributed by atoms with Crippen LogP contribution in [0, 0.1) is 0 Å². The van der Waals surface area contributed by atoms with E-state index in [1.54, 1.807) is 0 Å². The lowest BCUT2D eigenvalue weighted by atomic mass is 10.2. The van der Waals surface area contributed by atoms with Gasteiger partial charge in [0.2, 0.25) is 5.91 Å². The highest BCUT2D eigenvalue weighted by atomic mass is 35.5. The molecule has 0 aliphatic carbocycles. The van der Waals surface area contributed by atoms with Gasteiger partial charge in [-0.15, -0.1) is 18.2 Å². The van der Waals surface area contributed by atoms with Crippen molar-refractivity contribution in [3.63, 3.8) is 0 Å². The van der Waals surface area contributed by atoms with Gasteiger partial charge in [0.1, 0.15) is 0 Å². The number of nitrogens with one attached hydrogen (secondary N) is 1. The summed E-state index contributed by atoms with van der Waals surface area (Å²) >= 11 is 5.91. The van der Waals surface area contributed by atoms with Crippen molar-refractivity contribution in [1.82, 2.24) is 5.32 Å². The van der Waals surface area contributed by atoms with Gasteiger partial charge < -0.3 is 5.32 Å². The summed E-state index contributed by atoms with van der Waals surface area (Å²) in [4.78, 5) is 10.5. The van der Waals surface area contributed by atoms with Gasteiger partial charge in [0.05, 0.1) is 5.38 Å². The number of carbonyl (C=O) groups excluding carboxylic acids is 1. The first-order valence-corrected chi connectivity index (χ1v) is 4.60. The van der Waals surface area contributed by atoms with Crippen molar-refractivity contribution in [2.45, 2.75) is 31.6 Å². The summed E-state index contributed by atoms with van der Waals surface area (Å²) in [6.07, 6.45) is 4.83. The zero-order valence-corrected chi connectivity index (χ0v) is 8.23. The first-order valence-electron chi connectivity index (χ1n) is 4.16. The summed E-state index contributed by atoms with van der Waals surface area (Å²) in [6.45, 7) is 5.68. The molecule has 0 rings (SSSR count). The SMILES string of the molecule is C=CCCCC(Cl)CNC(C)=O. The number of rotatable bonds is 6. The van der Waals surface area contributed by atoms with Crippen LogP contribution in [0.25, 0.3) is 0 Å². The first-order chi connectivity index (χ1) is 5.66. The molecule has 0 aliphatic rings. The molecule has 0 aromatic carbocycles. The Hall–Kier alpha value is -0.500. The third-order valence-electron chi connectivity index (χ3n) is 1.50. The number of hydrogen-bond acceptors (Lipinski definition) is 1. The van der Waals surface area contributed by atoms with Crippen LogP contribution >= 0.6 is 11.6 Å². The average Bonchev–Trinajstić information content (AvgIpc) is 2.01. The third kappa shape index (κ3) is 7.61. The zero-order chi connectivity index (χ0) is 9.40. The largest absolute Gasteiger partial charge is 0.355 e. The number of hydrogen-bond donors (Lipinski definition) is 1. The molecule has 0 fully saturated rings. The molecule has 0 bridgehead atoms. The predicted octanol–water partition coefficient (Wildman–Crippen LogP) is 2.09. The van der Waals surface area contributed by atoms with Gasteiger partial charge in [0.25, 0.3) is 0 Å². The van der Waals surface area contributed by atoms with Crippen LogP contribution in [0.2, 0.25) is 0 Å². The Bertz CT molecular complexity index is 147. The number of alkyl halides is 1. The standard InChI is InChI=1S/C9H16ClNO/c1-3-4-5-6-9(10)7-11-8(2)12/h3,9H,1,4-7H2,2H3,(H,11,12). The van der Waals surface area contributed by atoms with Gasteiger partial charge in [-0.05, 0) is 19.3 Å². The highest BCUT2D eigenvalue weighted by molar-refractivity contribution is 6.20. The Balaban J connectivity index is 3.26. The molecule has 70 valence electrons. The van der Waals surface area contributed by atoms with Gasteiger partial charge >= 0.3 is 0 Å². The molecule has 0 aromatic heterocycles. The Morgan fingerprint density at radius 2 is 2.42 bits per heavy atom. The molecule has 1 unspecified atom stereocenters. The molecular formula is C9H16ClNO. The molecule has 0 spiro atoms. The van der Waals surface area contributed by atoms with Crippen molar-refractivity contribution in [3.8, 4) is 0 Å². The Morgan fingerprint density at radius 1 is 1.75 bits per heavy atom. The lowest BCUT2D eigenvalue weighted by Gasteiger charge is -2.08. The summed E-state index contributed by atoms with van der Waals surface area (Å²) in [6, 6.07) is 0. The lowest BCUT2D eigenvalue weighted by molar-refractivity contribution is -0.118. The van der Waals surface area contributed by atoms with Crippen molar-refractivity contribution in [2.24, 2.45) is 0 Å². The second-order valence-corrected chi connectivity index (χ2v) is 3.37. The molecule has 3 heteroatoms. The minimum Gasteiger partial charge on any atom is -0.355 e. The maximum atomic E-state index is 10.5. The van der Waals surface area contributed by atoms with E-state index in [1.807, 2.05) is 6.08 Å². The van der Waals surface area contributed by atoms with E-state index in [9.17, 15) is 4.79 Å². The molecule has 1 amide bonds. The van der Waals surface area contributed by atoms with Crippen LogP contribution in [0.1, 0.15) is 26.2 Å². The van der Waals surface area contributed by atoms with Crippen molar-refractivity contribution in [3.05, 3.63) is 12.7 Å². The fourth-order valence-electron chi connectivity index (χ4n) is 0.840. The van der Waals surface area contributed by atoms with E-state index in [2.05, 4.69) is 11.9 Å². The van der Waals surface area contributed by atoms with Gasteiger partial charge in [-0.2, -0.15) is 0 Å². The quantitative estimate of drug-likeness (QED) is 0.387. The maximum absolute atomic E-state index is 10.5. The van der Waals surface area contributed by atoms with Crippen molar-refractivity contribution in [1.29, 1.82) is 0 Å². The van der Waals surface area contributed by atoms with E-state index in [0.717, 1.165) is 19.3 Å². The van der Waals surface area contributed by atoms with E-state index in [4.69, 9.17) is 11.6 Å². The smallest absolute Gasteiger partial charge is 0.216 e. The van der Waals surface area contributed by atoms with Gasteiger partial charge in [0, 0.05) is 13.5 Å². The summed E-state index contributed by atoms with van der Waals surface area (Å²) in [5.41, 5.74) is 0. The second kappa shape index (κ2) is 7.17. The van der Waals surface area contributed by atoms with Gasteiger partial charge in [-0.25, -0.2) is 0 Å².